The zero-order chi connectivity index (χ0) is 6.74. The van der Waals surface area contributed by atoms with Crippen molar-refractivity contribution in [2.24, 2.45) is 5.41 Å². The molecule has 1 fully saturated rings. The molecular formula is C8H17N. The molecule has 1 rings (SSSR count). The first-order valence-electron chi connectivity index (χ1n) is 3.97. The Morgan fingerprint density at radius 3 is 2.44 bits per heavy atom. The van der Waals surface area contributed by atoms with Crippen LogP contribution < -0.4 is 5.32 Å². The quantitative estimate of drug-likeness (QED) is 0.609. The summed E-state index contributed by atoms with van der Waals surface area (Å²) in [5.41, 5.74) is 0.663. The summed E-state index contributed by atoms with van der Waals surface area (Å²) in [5, 5.41) is 3.39. The molecule has 1 nitrogen and oxygen atoms in total. The largest absolute Gasteiger partial charge is 0.316 e. The molecule has 0 spiro atoms. The van der Waals surface area contributed by atoms with Gasteiger partial charge in [0.05, 0.1) is 0 Å². The Hall–Kier alpha value is -0.0400. The highest BCUT2D eigenvalue weighted by atomic mass is 14.9. The van der Waals surface area contributed by atoms with Gasteiger partial charge in [-0.1, -0.05) is 20.3 Å². The molecule has 0 aromatic heterocycles. The van der Waals surface area contributed by atoms with Crippen molar-refractivity contribution in [1.82, 2.24) is 5.32 Å². The van der Waals surface area contributed by atoms with Gasteiger partial charge >= 0.3 is 0 Å². The van der Waals surface area contributed by atoms with Crippen LogP contribution >= 0.6 is 0 Å². The second-order valence-corrected chi connectivity index (χ2v) is 3.44. The van der Waals surface area contributed by atoms with Crippen LogP contribution in [0.15, 0.2) is 0 Å². The van der Waals surface area contributed by atoms with Crippen LogP contribution in [0.4, 0.5) is 0 Å². The van der Waals surface area contributed by atoms with Crippen LogP contribution in [0.1, 0.15) is 33.1 Å². The molecule has 0 bridgehead atoms. The molecule has 1 heteroatoms. The summed E-state index contributed by atoms with van der Waals surface area (Å²) in [4.78, 5) is 0. The molecule has 1 N–H and O–H groups in total. The Labute approximate surface area is 57.8 Å². The monoisotopic (exact) mass is 127 g/mol. The van der Waals surface area contributed by atoms with Crippen molar-refractivity contribution in [3.8, 4) is 0 Å². The van der Waals surface area contributed by atoms with E-state index >= 15 is 0 Å². The lowest BCUT2D eigenvalue weighted by molar-refractivity contribution is 0.158. The van der Waals surface area contributed by atoms with Gasteiger partial charge in [0.2, 0.25) is 0 Å². The number of nitrogens with one attached hydrogen (secondary N) is 1. The Bertz CT molecular complexity index is 84.6. The lowest BCUT2D eigenvalue weighted by Crippen LogP contribution is -2.37. The van der Waals surface area contributed by atoms with E-state index in [1.807, 2.05) is 0 Å². The predicted octanol–water partition coefficient (Wildman–Crippen LogP) is 1.79. The fraction of sp³-hybridized carbons (Fsp3) is 1.00. The molecule has 0 aromatic rings. The Kier molecular flexibility index (Phi) is 2.12. The molecule has 0 unspecified atom stereocenters. The minimum atomic E-state index is 0.663. The normalized spacial score (nSPS) is 23.3. The van der Waals surface area contributed by atoms with Crippen LogP contribution in [0.5, 0.6) is 0 Å². The van der Waals surface area contributed by atoms with Gasteiger partial charge in [0.25, 0.3) is 0 Å². The highest BCUT2D eigenvalue weighted by molar-refractivity contribution is 4.84. The van der Waals surface area contributed by atoms with Crippen molar-refractivity contribution in [2.45, 2.75) is 33.1 Å². The van der Waals surface area contributed by atoms with Gasteiger partial charge in [0.15, 0.2) is 0 Å². The minimum absolute atomic E-state index is 0.663. The van der Waals surface area contributed by atoms with E-state index in [0.717, 1.165) is 6.54 Å². The number of hydrogen-bond donors (Lipinski definition) is 1. The predicted molar refractivity (Wildman–Crippen MR) is 40.5 cm³/mol. The van der Waals surface area contributed by atoms with Crippen LogP contribution in [-0.2, 0) is 0 Å². The summed E-state index contributed by atoms with van der Waals surface area (Å²) >= 11 is 0. The van der Waals surface area contributed by atoms with Gasteiger partial charge in [-0.05, 0) is 24.8 Å². The summed E-state index contributed by atoms with van der Waals surface area (Å²) in [7, 11) is 0. The maximum Gasteiger partial charge on any atom is 0.000504 e. The second-order valence-electron chi connectivity index (χ2n) is 3.44. The van der Waals surface area contributed by atoms with Gasteiger partial charge in [-0.3, -0.25) is 0 Å². The van der Waals surface area contributed by atoms with E-state index < -0.39 is 0 Å². The van der Waals surface area contributed by atoms with Gasteiger partial charge in [-0.15, -0.1) is 0 Å². The third-order valence-electron chi connectivity index (χ3n) is 2.36. The molecule has 0 amide bonds. The first-order valence-corrected chi connectivity index (χ1v) is 3.97. The van der Waals surface area contributed by atoms with E-state index in [-0.39, 0.29) is 0 Å². The molecule has 0 heterocycles. The number of hydrogen-bond acceptors (Lipinski definition) is 1. The SMILES string of the molecule is CCNCC1(C)CCC1. The topological polar surface area (TPSA) is 12.0 Å². The highest BCUT2D eigenvalue weighted by Gasteiger charge is 2.30. The van der Waals surface area contributed by atoms with E-state index in [4.69, 9.17) is 0 Å². The molecule has 0 aliphatic heterocycles. The summed E-state index contributed by atoms with van der Waals surface area (Å²) in [6.07, 6.45) is 4.31. The van der Waals surface area contributed by atoms with Crippen LogP contribution in [-0.4, -0.2) is 13.1 Å². The molecule has 0 radical (unpaired) electrons. The molecule has 0 aromatic carbocycles. The van der Waals surface area contributed by atoms with Gasteiger partial charge in [0.1, 0.15) is 0 Å². The van der Waals surface area contributed by atoms with E-state index in [0.29, 0.717) is 5.41 Å². The maximum atomic E-state index is 3.39. The fourth-order valence-corrected chi connectivity index (χ4v) is 1.38. The van der Waals surface area contributed by atoms with E-state index in [2.05, 4.69) is 19.2 Å². The zero-order valence-corrected chi connectivity index (χ0v) is 6.54. The average molecular weight is 127 g/mol. The molecule has 0 saturated heterocycles. The van der Waals surface area contributed by atoms with E-state index in [9.17, 15) is 0 Å². The van der Waals surface area contributed by atoms with Crippen molar-refractivity contribution in [3.05, 3.63) is 0 Å². The van der Waals surface area contributed by atoms with Gasteiger partial charge in [0, 0.05) is 6.54 Å². The Morgan fingerprint density at radius 2 is 2.11 bits per heavy atom. The Balaban J connectivity index is 2.09. The summed E-state index contributed by atoms with van der Waals surface area (Å²) in [6, 6.07) is 0. The zero-order valence-electron chi connectivity index (χ0n) is 6.54. The Morgan fingerprint density at radius 1 is 1.44 bits per heavy atom. The van der Waals surface area contributed by atoms with E-state index in [1.54, 1.807) is 0 Å². The van der Waals surface area contributed by atoms with Crippen LogP contribution in [0.3, 0.4) is 0 Å². The maximum absolute atomic E-state index is 3.39. The van der Waals surface area contributed by atoms with Crippen molar-refractivity contribution >= 4 is 0 Å². The summed E-state index contributed by atoms with van der Waals surface area (Å²) in [5.74, 6) is 0. The molecule has 0 atom stereocenters. The van der Waals surface area contributed by atoms with E-state index in [1.165, 1.54) is 25.8 Å². The van der Waals surface area contributed by atoms with Crippen LogP contribution in [0.2, 0.25) is 0 Å². The first kappa shape index (κ1) is 7.07. The van der Waals surface area contributed by atoms with Crippen molar-refractivity contribution in [2.75, 3.05) is 13.1 Å². The van der Waals surface area contributed by atoms with Gasteiger partial charge in [-0.25, -0.2) is 0 Å². The third kappa shape index (κ3) is 1.68. The minimum Gasteiger partial charge on any atom is -0.316 e. The third-order valence-corrected chi connectivity index (χ3v) is 2.36. The lowest BCUT2D eigenvalue weighted by atomic mass is 9.70. The van der Waals surface area contributed by atoms with Crippen LogP contribution in [0, 0.1) is 5.41 Å². The standard InChI is InChI=1S/C8H17N/c1-3-9-7-8(2)5-4-6-8/h9H,3-7H2,1-2H3. The smallest absolute Gasteiger partial charge is 0.000504 e. The number of rotatable bonds is 3. The first-order chi connectivity index (χ1) is 4.27. The molecular weight excluding hydrogens is 110 g/mol. The molecule has 1 saturated carbocycles. The van der Waals surface area contributed by atoms with Crippen molar-refractivity contribution in [3.63, 3.8) is 0 Å². The average Bonchev–Trinajstić information content (AvgIpc) is 1.79. The van der Waals surface area contributed by atoms with Crippen LogP contribution in [0.25, 0.3) is 0 Å². The summed E-state index contributed by atoms with van der Waals surface area (Å²) < 4.78 is 0. The van der Waals surface area contributed by atoms with Crippen molar-refractivity contribution in [1.29, 1.82) is 0 Å². The second kappa shape index (κ2) is 2.70. The van der Waals surface area contributed by atoms with Gasteiger partial charge in [-0.2, -0.15) is 0 Å². The fourth-order valence-electron chi connectivity index (χ4n) is 1.38. The van der Waals surface area contributed by atoms with Gasteiger partial charge < -0.3 is 5.32 Å². The molecule has 9 heavy (non-hydrogen) atoms. The molecule has 1 aliphatic carbocycles. The molecule has 1 aliphatic rings. The summed E-state index contributed by atoms with van der Waals surface area (Å²) in [6.45, 7) is 6.89. The highest BCUT2D eigenvalue weighted by Crippen LogP contribution is 2.39. The molecule has 54 valence electrons. The van der Waals surface area contributed by atoms with Crippen molar-refractivity contribution < 1.29 is 0 Å². The lowest BCUT2D eigenvalue weighted by Gasteiger charge is -2.38.